The number of hydrogen-bond donors (Lipinski definition) is 2. The maximum Gasteiger partial charge on any atom is 0.241 e. The number of carbonyl (C=O) groups excluding carboxylic acids is 1. The van der Waals surface area contributed by atoms with Crippen molar-refractivity contribution in [1.29, 1.82) is 0 Å². The van der Waals surface area contributed by atoms with Gasteiger partial charge in [0.1, 0.15) is 4.60 Å². The highest BCUT2D eigenvalue weighted by Crippen LogP contribution is 2.18. The first-order valence-electron chi connectivity index (χ1n) is 4.69. The Morgan fingerprint density at radius 2 is 2.27 bits per heavy atom. The van der Waals surface area contributed by atoms with Gasteiger partial charge in [0, 0.05) is 6.20 Å². The summed E-state index contributed by atoms with van der Waals surface area (Å²) in [6.45, 7) is 3.81. The van der Waals surface area contributed by atoms with Crippen LogP contribution in [-0.4, -0.2) is 16.9 Å². The Kier molecular flexibility index (Phi) is 4.23. The Morgan fingerprint density at radius 1 is 1.60 bits per heavy atom. The monoisotopic (exact) mass is 271 g/mol. The molecule has 1 amide bonds. The third-order valence-corrected chi connectivity index (χ3v) is 2.67. The minimum absolute atomic E-state index is 0.112. The molecule has 5 heteroatoms. The van der Waals surface area contributed by atoms with Crippen molar-refractivity contribution in [2.24, 2.45) is 11.7 Å². The molecule has 0 bridgehead atoms. The van der Waals surface area contributed by atoms with Gasteiger partial charge in [-0.05, 0) is 34.0 Å². The Labute approximate surface area is 97.4 Å². The average molecular weight is 272 g/mol. The maximum absolute atomic E-state index is 11.6. The van der Waals surface area contributed by atoms with Crippen LogP contribution in [0.5, 0.6) is 0 Å². The van der Waals surface area contributed by atoms with Gasteiger partial charge < -0.3 is 11.1 Å². The van der Waals surface area contributed by atoms with Crippen LogP contribution in [0.2, 0.25) is 0 Å². The van der Waals surface area contributed by atoms with Crippen LogP contribution < -0.4 is 11.1 Å². The molecule has 0 saturated carbocycles. The minimum Gasteiger partial charge on any atom is -0.322 e. The second-order valence-corrected chi connectivity index (χ2v) is 4.35. The highest BCUT2D eigenvalue weighted by atomic mass is 79.9. The van der Waals surface area contributed by atoms with Crippen molar-refractivity contribution in [2.75, 3.05) is 5.32 Å². The number of nitrogens with zero attached hydrogens (tertiary/aromatic N) is 1. The summed E-state index contributed by atoms with van der Waals surface area (Å²) in [5.74, 6) is -0.0841. The molecule has 1 heterocycles. The predicted molar refractivity (Wildman–Crippen MR) is 63.4 cm³/mol. The third-order valence-electron chi connectivity index (χ3n) is 2.04. The Bertz CT molecular complexity index is 354. The van der Waals surface area contributed by atoms with Crippen LogP contribution in [0.4, 0.5) is 5.69 Å². The highest BCUT2D eigenvalue weighted by molar-refractivity contribution is 9.10. The number of aromatic nitrogens is 1. The second-order valence-electron chi connectivity index (χ2n) is 3.60. The molecule has 0 radical (unpaired) electrons. The highest BCUT2D eigenvalue weighted by Gasteiger charge is 2.17. The fraction of sp³-hybridized carbons (Fsp3) is 0.400. The first-order chi connectivity index (χ1) is 7.02. The molecule has 4 nitrogen and oxygen atoms in total. The van der Waals surface area contributed by atoms with E-state index in [0.29, 0.717) is 10.3 Å². The number of pyridine rings is 1. The summed E-state index contributed by atoms with van der Waals surface area (Å²) in [5, 5.41) is 2.72. The fourth-order valence-electron chi connectivity index (χ4n) is 0.998. The van der Waals surface area contributed by atoms with Crippen molar-refractivity contribution >= 4 is 27.5 Å². The van der Waals surface area contributed by atoms with E-state index in [2.05, 4.69) is 26.2 Å². The summed E-state index contributed by atoms with van der Waals surface area (Å²) in [4.78, 5) is 15.6. The SMILES string of the molecule is CC(C)[C@H](N)C(=O)Nc1cccnc1Br. The van der Waals surface area contributed by atoms with Gasteiger partial charge in [0.2, 0.25) is 5.91 Å². The molecule has 0 spiro atoms. The minimum atomic E-state index is -0.503. The number of anilines is 1. The summed E-state index contributed by atoms with van der Waals surface area (Å²) in [6.07, 6.45) is 1.64. The molecular formula is C10H14BrN3O. The molecule has 1 rings (SSSR count). The van der Waals surface area contributed by atoms with Crippen molar-refractivity contribution in [3.05, 3.63) is 22.9 Å². The zero-order chi connectivity index (χ0) is 11.4. The van der Waals surface area contributed by atoms with E-state index in [1.54, 1.807) is 18.3 Å². The molecule has 82 valence electrons. The number of hydrogen-bond acceptors (Lipinski definition) is 3. The van der Waals surface area contributed by atoms with E-state index in [1.165, 1.54) is 0 Å². The predicted octanol–water partition coefficient (Wildman–Crippen LogP) is 1.77. The normalized spacial score (nSPS) is 12.6. The van der Waals surface area contributed by atoms with E-state index in [4.69, 9.17) is 5.73 Å². The number of nitrogens with one attached hydrogen (secondary N) is 1. The fourth-order valence-corrected chi connectivity index (χ4v) is 1.35. The molecule has 0 fully saturated rings. The lowest BCUT2D eigenvalue weighted by Gasteiger charge is -2.15. The quantitative estimate of drug-likeness (QED) is 0.824. The molecular weight excluding hydrogens is 258 g/mol. The molecule has 15 heavy (non-hydrogen) atoms. The van der Waals surface area contributed by atoms with Crippen molar-refractivity contribution in [3.8, 4) is 0 Å². The van der Waals surface area contributed by atoms with Gasteiger partial charge in [-0.2, -0.15) is 0 Å². The van der Waals surface area contributed by atoms with Gasteiger partial charge in [-0.3, -0.25) is 4.79 Å². The van der Waals surface area contributed by atoms with Gasteiger partial charge in [-0.25, -0.2) is 4.98 Å². The Hall–Kier alpha value is -0.940. The number of halogens is 1. The van der Waals surface area contributed by atoms with E-state index in [9.17, 15) is 4.79 Å². The number of carbonyl (C=O) groups is 1. The topological polar surface area (TPSA) is 68.0 Å². The zero-order valence-electron chi connectivity index (χ0n) is 8.70. The number of rotatable bonds is 3. The van der Waals surface area contributed by atoms with Crippen LogP contribution in [-0.2, 0) is 4.79 Å². The lowest BCUT2D eigenvalue weighted by atomic mass is 10.1. The van der Waals surface area contributed by atoms with Crippen LogP contribution in [0.25, 0.3) is 0 Å². The van der Waals surface area contributed by atoms with Crippen molar-refractivity contribution < 1.29 is 4.79 Å². The van der Waals surface area contributed by atoms with Crippen LogP contribution in [0, 0.1) is 5.92 Å². The number of nitrogens with two attached hydrogens (primary N) is 1. The van der Waals surface area contributed by atoms with E-state index in [-0.39, 0.29) is 11.8 Å². The van der Waals surface area contributed by atoms with Gasteiger partial charge in [0.05, 0.1) is 11.7 Å². The third kappa shape index (κ3) is 3.28. The molecule has 1 atom stereocenters. The Morgan fingerprint density at radius 3 is 2.80 bits per heavy atom. The van der Waals surface area contributed by atoms with Gasteiger partial charge in [-0.1, -0.05) is 13.8 Å². The van der Waals surface area contributed by atoms with Crippen LogP contribution >= 0.6 is 15.9 Å². The summed E-state index contributed by atoms with van der Waals surface area (Å²) in [5.41, 5.74) is 6.35. The average Bonchev–Trinajstić information content (AvgIpc) is 2.20. The standard InChI is InChI=1S/C10H14BrN3O/c1-6(2)8(12)10(15)14-7-4-3-5-13-9(7)11/h3-6,8H,12H2,1-2H3,(H,14,15)/t8-/m0/s1. The van der Waals surface area contributed by atoms with Crippen LogP contribution in [0.1, 0.15) is 13.8 Å². The molecule has 0 aliphatic rings. The van der Waals surface area contributed by atoms with E-state index in [1.807, 2.05) is 13.8 Å². The van der Waals surface area contributed by atoms with E-state index in [0.717, 1.165) is 0 Å². The summed E-state index contributed by atoms with van der Waals surface area (Å²) >= 11 is 3.24. The molecule has 3 N–H and O–H groups in total. The van der Waals surface area contributed by atoms with Gasteiger partial charge >= 0.3 is 0 Å². The molecule has 0 aromatic carbocycles. The first-order valence-corrected chi connectivity index (χ1v) is 5.48. The smallest absolute Gasteiger partial charge is 0.241 e. The van der Waals surface area contributed by atoms with Crippen molar-refractivity contribution in [3.63, 3.8) is 0 Å². The van der Waals surface area contributed by atoms with Crippen LogP contribution in [0.3, 0.4) is 0 Å². The summed E-state index contributed by atoms with van der Waals surface area (Å²) < 4.78 is 0.606. The zero-order valence-corrected chi connectivity index (χ0v) is 10.3. The van der Waals surface area contributed by atoms with Gasteiger partial charge in [0.25, 0.3) is 0 Å². The lowest BCUT2D eigenvalue weighted by Crippen LogP contribution is -2.39. The van der Waals surface area contributed by atoms with Gasteiger partial charge in [0.15, 0.2) is 0 Å². The number of amides is 1. The molecule has 0 aliphatic heterocycles. The largest absolute Gasteiger partial charge is 0.322 e. The molecule has 0 aliphatic carbocycles. The van der Waals surface area contributed by atoms with Crippen molar-refractivity contribution in [2.45, 2.75) is 19.9 Å². The molecule has 0 unspecified atom stereocenters. The summed E-state index contributed by atoms with van der Waals surface area (Å²) in [6, 6.07) is 3.01. The summed E-state index contributed by atoms with van der Waals surface area (Å²) in [7, 11) is 0. The Balaban J connectivity index is 2.71. The van der Waals surface area contributed by atoms with E-state index < -0.39 is 6.04 Å². The molecule has 1 aromatic heterocycles. The lowest BCUT2D eigenvalue weighted by molar-refractivity contribution is -0.118. The molecule has 0 saturated heterocycles. The van der Waals surface area contributed by atoms with Crippen LogP contribution in [0.15, 0.2) is 22.9 Å². The second kappa shape index (κ2) is 5.23. The molecule has 1 aromatic rings. The first kappa shape index (κ1) is 12.1. The van der Waals surface area contributed by atoms with E-state index >= 15 is 0 Å². The van der Waals surface area contributed by atoms with Crippen molar-refractivity contribution in [1.82, 2.24) is 4.98 Å². The maximum atomic E-state index is 11.6. The van der Waals surface area contributed by atoms with Gasteiger partial charge in [-0.15, -0.1) is 0 Å².